The third-order valence-electron chi connectivity index (χ3n) is 5.27. The number of hydrogen-bond donors (Lipinski definition) is 0. The second kappa shape index (κ2) is 8.24. The van der Waals surface area contributed by atoms with Crippen LogP contribution in [0.2, 0.25) is 0 Å². The Labute approximate surface area is 181 Å². The van der Waals surface area contributed by atoms with E-state index in [9.17, 15) is 9.59 Å². The third-order valence-corrected chi connectivity index (χ3v) is 7.38. The first-order valence-corrected chi connectivity index (χ1v) is 11.8. The lowest BCUT2D eigenvalue weighted by molar-refractivity contribution is -0.141. The molecule has 1 aliphatic carbocycles. The van der Waals surface area contributed by atoms with E-state index >= 15 is 0 Å². The summed E-state index contributed by atoms with van der Waals surface area (Å²) in [5.41, 5.74) is 1.52. The van der Waals surface area contributed by atoms with Gasteiger partial charge < -0.3 is 4.74 Å². The number of hydrogen-bond acceptors (Lipinski definition) is 6. The Morgan fingerprint density at radius 3 is 2.83 bits per heavy atom. The second-order valence-electron chi connectivity index (χ2n) is 7.34. The van der Waals surface area contributed by atoms with Gasteiger partial charge in [-0.2, -0.15) is 0 Å². The normalized spacial score (nSPS) is 13.5. The number of esters is 1. The maximum absolute atomic E-state index is 12.6. The largest absolute Gasteiger partial charge is 0.459 e. The number of nitrogens with zero attached hydrogens (tertiary/aromatic N) is 2. The molecule has 0 atom stereocenters. The first-order valence-electron chi connectivity index (χ1n) is 9.98. The van der Waals surface area contributed by atoms with Crippen LogP contribution in [0.5, 0.6) is 0 Å². The summed E-state index contributed by atoms with van der Waals surface area (Å²) in [7, 11) is 0. The van der Waals surface area contributed by atoms with Crippen molar-refractivity contribution in [3.63, 3.8) is 0 Å². The van der Waals surface area contributed by atoms with E-state index < -0.39 is 0 Å². The van der Waals surface area contributed by atoms with Crippen LogP contribution >= 0.6 is 23.1 Å². The Hall–Kier alpha value is -2.64. The number of aromatic nitrogens is 2. The van der Waals surface area contributed by atoms with Crippen LogP contribution in [0.3, 0.4) is 0 Å². The molecule has 0 N–H and O–H groups in total. The summed E-state index contributed by atoms with van der Waals surface area (Å²) in [6.45, 7) is 0.0193. The molecule has 7 heteroatoms. The van der Waals surface area contributed by atoms with E-state index in [-0.39, 0.29) is 23.9 Å². The SMILES string of the molecule is O=C(CSc1ccc2ccccc2c1)OCc1cc(=O)n2c3c(sc2n1)CCCC3. The van der Waals surface area contributed by atoms with Crippen molar-refractivity contribution >= 4 is 44.8 Å². The monoisotopic (exact) mass is 436 g/mol. The fourth-order valence-electron chi connectivity index (χ4n) is 3.81. The molecule has 2 aromatic heterocycles. The van der Waals surface area contributed by atoms with Gasteiger partial charge in [-0.15, -0.1) is 23.1 Å². The molecule has 0 spiro atoms. The van der Waals surface area contributed by atoms with Gasteiger partial charge in [-0.3, -0.25) is 14.0 Å². The Bertz CT molecular complexity index is 1310. The maximum Gasteiger partial charge on any atom is 0.316 e. The number of benzene rings is 2. The van der Waals surface area contributed by atoms with E-state index in [1.165, 1.54) is 28.1 Å². The highest BCUT2D eigenvalue weighted by atomic mass is 32.2. The van der Waals surface area contributed by atoms with Gasteiger partial charge in [0.15, 0.2) is 4.96 Å². The van der Waals surface area contributed by atoms with Crippen LogP contribution in [0.1, 0.15) is 29.1 Å². The number of rotatable bonds is 5. The molecule has 0 radical (unpaired) electrons. The molecule has 5 rings (SSSR count). The van der Waals surface area contributed by atoms with Crippen molar-refractivity contribution in [2.45, 2.75) is 37.2 Å². The first kappa shape index (κ1) is 19.3. The van der Waals surface area contributed by atoms with Crippen molar-refractivity contribution < 1.29 is 9.53 Å². The molecule has 30 heavy (non-hydrogen) atoms. The fraction of sp³-hybridized carbons (Fsp3) is 0.261. The summed E-state index contributed by atoms with van der Waals surface area (Å²) in [5, 5.41) is 2.32. The molecule has 0 saturated heterocycles. The molecule has 0 unspecified atom stereocenters. The molecule has 0 bridgehead atoms. The number of carbonyl (C=O) groups is 1. The Morgan fingerprint density at radius 1 is 1.10 bits per heavy atom. The lowest BCUT2D eigenvalue weighted by Gasteiger charge is -2.10. The zero-order valence-electron chi connectivity index (χ0n) is 16.3. The van der Waals surface area contributed by atoms with Gasteiger partial charge in [0.25, 0.3) is 5.56 Å². The minimum absolute atomic E-state index is 0.0193. The molecule has 1 aliphatic rings. The summed E-state index contributed by atoms with van der Waals surface area (Å²) in [6, 6.07) is 15.7. The van der Waals surface area contributed by atoms with Gasteiger partial charge in [-0.05, 0) is 48.6 Å². The highest BCUT2D eigenvalue weighted by molar-refractivity contribution is 8.00. The molecular formula is C23H20N2O3S2. The lowest BCUT2D eigenvalue weighted by Crippen LogP contribution is -2.18. The predicted molar refractivity (Wildman–Crippen MR) is 120 cm³/mol. The van der Waals surface area contributed by atoms with Gasteiger partial charge in [0, 0.05) is 21.5 Å². The average molecular weight is 437 g/mol. The van der Waals surface area contributed by atoms with Crippen molar-refractivity contribution in [1.29, 1.82) is 0 Å². The Kier molecular flexibility index (Phi) is 5.31. The van der Waals surface area contributed by atoms with Crippen molar-refractivity contribution in [1.82, 2.24) is 9.38 Å². The van der Waals surface area contributed by atoms with Gasteiger partial charge in [0.05, 0.1) is 11.4 Å². The van der Waals surface area contributed by atoms with Crippen LogP contribution < -0.4 is 5.56 Å². The summed E-state index contributed by atoms with van der Waals surface area (Å²) in [4.78, 5) is 32.3. The molecule has 5 nitrogen and oxygen atoms in total. The molecule has 0 amide bonds. The summed E-state index contributed by atoms with van der Waals surface area (Å²) >= 11 is 3.02. The standard InChI is InChI=1S/C23H20N2O3S2/c26-21-12-17(24-23-25(21)19-7-3-4-8-20(19)30-23)13-28-22(27)14-29-18-10-9-15-5-1-2-6-16(15)11-18/h1-2,5-6,9-12H,3-4,7-8,13-14H2. The van der Waals surface area contributed by atoms with Gasteiger partial charge >= 0.3 is 5.97 Å². The number of thiazole rings is 1. The van der Waals surface area contributed by atoms with E-state index in [1.807, 2.05) is 18.2 Å². The van der Waals surface area contributed by atoms with Gasteiger partial charge in [0.1, 0.15) is 6.61 Å². The topological polar surface area (TPSA) is 60.7 Å². The maximum atomic E-state index is 12.6. The quantitative estimate of drug-likeness (QED) is 0.337. The van der Waals surface area contributed by atoms with Crippen LogP contribution in [-0.2, 0) is 29.0 Å². The van der Waals surface area contributed by atoms with Crippen LogP contribution in [-0.4, -0.2) is 21.1 Å². The highest BCUT2D eigenvalue weighted by Gasteiger charge is 2.18. The molecule has 152 valence electrons. The number of thioether (sulfide) groups is 1. The second-order valence-corrected chi connectivity index (χ2v) is 9.45. The zero-order valence-corrected chi connectivity index (χ0v) is 17.9. The minimum Gasteiger partial charge on any atom is -0.459 e. The zero-order chi connectivity index (χ0) is 20.5. The fourth-order valence-corrected chi connectivity index (χ4v) is 5.79. The van der Waals surface area contributed by atoms with Crippen molar-refractivity contribution in [3.8, 4) is 0 Å². The number of fused-ring (bicyclic) bond motifs is 4. The molecule has 4 aromatic rings. The lowest BCUT2D eigenvalue weighted by atomic mass is 10.0. The smallest absolute Gasteiger partial charge is 0.316 e. The van der Waals surface area contributed by atoms with E-state index in [2.05, 4.69) is 29.2 Å². The van der Waals surface area contributed by atoms with Crippen molar-refractivity contribution in [3.05, 3.63) is 75.1 Å². The van der Waals surface area contributed by atoms with Crippen molar-refractivity contribution in [2.24, 2.45) is 0 Å². The van der Waals surface area contributed by atoms with Gasteiger partial charge in [-0.1, -0.05) is 30.3 Å². The van der Waals surface area contributed by atoms with Crippen molar-refractivity contribution in [2.75, 3.05) is 5.75 Å². The minimum atomic E-state index is -0.319. The van der Waals surface area contributed by atoms with E-state index in [0.717, 1.165) is 41.7 Å². The first-order chi connectivity index (χ1) is 14.7. The molecule has 0 fully saturated rings. The molecule has 2 heterocycles. The predicted octanol–water partition coefficient (Wildman–Crippen LogP) is 4.62. The summed E-state index contributed by atoms with van der Waals surface area (Å²) < 4.78 is 7.10. The molecule has 0 aliphatic heterocycles. The van der Waals surface area contributed by atoms with E-state index in [1.54, 1.807) is 15.7 Å². The van der Waals surface area contributed by atoms with Crippen LogP contribution in [0.15, 0.2) is 58.2 Å². The van der Waals surface area contributed by atoms with Crippen LogP contribution in [0.25, 0.3) is 15.7 Å². The third kappa shape index (κ3) is 3.87. The van der Waals surface area contributed by atoms with Gasteiger partial charge in [0.2, 0.25) is 0 Å². The molecular weight excluding hydrogens is 416 g/mol. The Morgan fingerprint density at radius 2 is 1.93 bits per heavy atom. The van der Waals surface area contributed by atoms with Crippen LogP contribution in [0, 0.1) is 0 Å². The average Bonchev–Trinajstić information content (AvgIpc) is 3.15. The highest BCUT2D eigenvalue weighted by Crippen LogP contribution is 2.28. The van der Waals surface area contributed by atoms with Crippen LogP contribution in [0.4, 0.5) is 0 Å². The molecule has 2 aromatic carbocycles. The Balaban J connectivity index is 1.23. The van der Waals surface area contributed by atoms with Gasteiger partial charge in [-0.25, -0.2) is 4.98 Å². The number of aryl methyl sites for hydroxylation is 2. The molecule has 0 saturated carbocycles. The number of carbonyl (C=O) groups excluding carboxylic acids is 1. The summed E-state index contributed by atoms with van der Waals surface area (Å²) in [6.07, 6.45) is 4.21. The van der Waals surface area contributed by atoms with E-state index in [0.29, 0.717) is 10.7 Å². The number of ether oxygens (including phenoxy) is 1. The van der Waals surface area contributed by atoms with E-state index in [4.69, 9.17) is 4.74 Å². The summed E-state index contributed by atoms with van der Waals surface area (Å²) in [5.74, 6) is -0.104.